The van der Waals surface area contributed by atoms with Crippen molar-refractivity contribution in [3.63, 3.8) is 0 Å². The molecule has 0 aromatic heterocycles. The third kappa shape index (κ3) is 13.3. The molecule has 0 aromatic carbocycles. The van der Waals surface area contributed by atoms with E-state index in [4.69, 9.17) is 9.47 Å². The highest BCUT2D eigenvalue weighted by atomic mass is 16.6. The van der Waals surface area contributed by atoms with E-state index in [1.54, 1.807) is 41.5 Å². The molecule has 0 spiro atoms. The van der Waals surface area contributed by atoms with Crippen LogP contribution in [-0.4, -0.2) is 59.0 Å². The van der Waals surface area contributed by atoms with Gasteiger partial charge in [-0.25, -0.2) is 14.4 Å². The number of nitrogens with one attached hydrogen (secondary N) is 3. The summed E-state index contributed by atoms with van der Waals surface area (Å²) in [7, 11) is 0. The van der Waals surface area contributed by atoms with Crippen LogP contribution in [-0.2, 0) is 19.1 Å². The summed E-state index contributed by atoms with van der Waals surface area (Å²) in [5.74, 6) is -1.98. The Morgan fingerprint density at radius 2 is 1.31 bits per heavy atom. The number of aliphatic carboxylic acids is 1. The summed E-state index contributed by atoms with van der Waals surface area (Å²) in [6, 6.07) is -2.39. The van der Waals surface area contributed by atoms with Gasteiger partial charge in [0.2, 0.25) is 5.91 Å². The Hall–Kier alpha value is -2.52. The second kappa shape index (κ2) is 10.9. The largest absolute Gasteiger partial charge is 0.480 e. The van der Waals surface area contributed by atoms with Crippen molar-refractivity contribution < 1.29 is 33.8 Å². The van der Waals surface area contributed by atoms with Crippen LogP contribution in [0.3, 0.4) is 0 Å². The van der Waals surface area contributed by atoms with Gasteiger partial charge in [0.05, 0.1) is 6.54 Å². The Balaban J connectivity index is 5.03. The second-order valence-electron chi connectivity index (χ2n) is 9.11. The third-order valence-corrected chi connectivity index (χ3v) is 3.18. The van der Waals surface area contributed by atoms with Crippen LogP contribution in [0, 0.1) is 5.92 Å². The van der Waals surface area contributed by atoms with E-state index in [0.717, 1.165) is 0 Å². The van der Waals surface area contributed by atoms with E-state index in [1.165, 1.54) is 0 Å². The molecule has 0 aromatic rings. The van der Waals surface area contributed by atoms with Crippen molar-refractivity contribution in [3.8, 4) is 0 Å². The fourth-order valence-corrected chi connectivity index (χ4v) is 2.12. The van der Waals surface area contributed by atoms with Crippen LogP contribution in [0.1, 0.15) is 61.8 Å². The summed E-state index contributed by atoms with van der Waals surface area (Å²) in [4.78, 5) is 47.8. The van der Waals surface area contributed by atoms with E-state index in [-0.39, 0.29) is 18.9 Å². The van der Waals surface area contributed by atoms with Gasteiger partial charge in [0, 0.05) is 0 Å². The van der Waals surface area contributed by atoms with Crippen LogP contribution >= 0.6 is 0 Å². The highest BCUT2D eigenvalue weighted by Gasteiger charge is 2.29. The van der Waals surface area contributed by atoms with Gasteiger partial charge in [-0.2, -0.15) is 0 Å². The van der Waals surface area contributed by atoms with Crippen molar-refractivity contribution >= 4 is 24.1 Å². The molecule has 0 aliphatic carbocycles. The zero-order valence-electron chi connectivity index (χ0n) is 18.5. The molecule has 0 fully saturated rings. The fraction of sp³-hybridized carbons (Fsp3) is 0.789. The number of hydrogen-bond acceptors (Lipinski definition) is 6. The molecule has 10 heteroatoms. The van der Waals surface area contributed by atoms with E-state index in [1.807, 2.05) is 13.8 Å². The molecule has 3 amide bonds. The predicted octanol–water partition coefficient (Wildman–Crippen LogP) is 2.02. The van der Waals surface area contributed by atoms with E-state index in [0.29, 0.717) is 0 Å². The van der Waals surface area contributed by atoms with E-state index >= 15 is 0 Å². The Kier molecular flexibility index (Phi) is 9.93. The van der Waals surface area contributed by atoms with E-state index in [9.17, 15) is 24.3 Å². The first kappa shape index (κ1) is 26.5. The van der Waals surface area contributed by atoms with Crippen LogP contribution in [0.15, 0.2) is 0 Å². The minimum absolute atomic E-state index is 0.0452. The van der Waals surface area contributed by atoms with Gasteiger partial charge < -0.3 is 30.5 Å². The van der Waals surface area contributed by atoms with Crippen LogP contribution in [0.5, 0.6) is 0 Å². The summed E-state index contributed by atoms with van der Waals surface area (Å²) in [5, 5.41) is 16.5. The summed E-state index contributed by atoms with van der Waals surface area (Å²) < 4.78 is 10.2. The topological polar surface area (TPSA) is 143 Å². The lowest BCUT2D eigenvalue weighted by molar-refractivity contribution is -0.142. The number of hydrogen-bond donors (Lipinski definition) is 4. The van der Waals surface area contributed by atoms with Gasteiger partial charge in [-0.05, 0) is 53.9 Å². The van der Waals surface area contributed by atoms with Crippen molar-refractivity contribution in [2.24, 2.45) is 5.92 Å². The highest BCUT2D eigenvalue weighted by Crippen LogP contribution is 2.10. The molecule has 168 valence electrons. The molecule has 0 aliphatic heterocycles. The van der Waals surface area contributed by atoms with Gasteiger partial charge in [0.15, 0.2) is 0 Å². The average molecular weight is 418 g/mol. The van der Waals surface area contributed by atoms with Crippen molar-refractivity contribution in [1.82, 2.24) is 16.0 Å². The second-order valence-corrected chi connectivity index (χ2v) is 9.11. The van der Waals surface area contributed by atoms with Crippen LogP contribution in [0.25, 0.3) is 0 Å². The third-order valence-electron chi connectivity index (χ3n) is 3.18. The maximum Gasteiger partial charge on any atom is 0.408 e. The number of amides is 3. The Morgan fingerprint density at radius 1 is 0.828 bits per heavy atom. The zero-order chi connectivity index (χ0) is 23.0. The fourth-order valence-electron chi connectivity index (χ4n) is 2.12. The number of carbonyl (C=O) groups excluding carboxylic acids is 3. The predicted molar refractivity (Wildman–Crippen MR) is 106 cm³/mol. The van der Waals surface area contributed by atoms with Crippen LogP contribution in [0.4, 0.5) is 9.59 Å². The van der Waals surface area contributed by atoms with Gasteiger partial charge >= 0.3 is 18.2 Å². The molecule has 10 nitrogen and oxygen atoms in total. The quantitative estimate of drug-likeness (QED) is 0.473. The lowest BCUT2D eigenvalue weighted by Crippen LogP contribution is -2.55. The molecule has 0 aliphatic rings. The Bertz CT molecular complexity index is 592. The number of carbonyl (C=O) groups is 4. The molecular formula is C19H35N3O7. The molecule has 2 atom stereocenters. The monoisotopic (exact) mass is 417 g/mol. The van der Waals surface area contributed by atoms with Gasteiger partial charge in [-0.3, -0.25) is 4.79 Å². The van der Waals surface area contributed by atoms with Gasteiger partial charge in [0.1, 0.15) is 23.3 Å². The standard InChI is InChI=1S/C19H35N3O7/c1-11(2)9-12(22-17(27)29-19(6,7)8)14(23)21-13(15(24)25)10-20-16(26)28-18(3,4)5/h11-13H,9-10H2,1-8H3,(H,20,26)(H,21,23)(H,22,27)(H,24,25)/t12-,13-/m0/s1. The first-order valence-corrected chi connectivity index (χ1v) is 9.49. The maximum atomic E-state index is 12.6. The van der Waals surface area contributed by atoms with Crippen molar-refractivity contribution in [2.45, 2.75) is 85.1 Å². The molecule has 0 saturated carbocycles. The molecule has 0 bridgehead atoms. The average Bonchev–Trinajstić information content (AvgIpc) is 2.45. The molecule has 4 N–H and O–H groups in total. The number of ether oxygens (including phenoxy) is 2. The first-order chi connectivity index (χ1) is 13.0. The van der Waals surface area contributed by atoms with Crippen molar-refractivity contribution in [3.05, 3.63) is 0 Å². The Labute approximate surface area is 172 Å². The molecule has 0 radical (unpaired) electrons. The number of alkyl carbamates (subject to hydrolysis) is 2. The molecule has 29 heavy (non-hydrogen) atoms. The SMILES string of the molecule is CC(C)C[C@H](NC(=O)OC(C)(C)C)C(=O)N[C@@H](CNC(=O)OC(C)(C)C)C(=O)O. The first-order valence-electron chi connectivity index (χ1n) is 9.49. The van der Waals surface area contributed by atoms with Gasteiger partial charge in [-0.1, -0.05) is 13.8 Å². The van der Waals surface area contributed by atoms with E-state index < -0.39 is 47.3 Å². The lowest BCUT2D eigenvalue weighted by atomic mass is 10.0. The molecule has 0 rings (SSSR count). The summed E-state index contributed by atoms with van der Waals surface area (Å²) >= 11 is 0. The summed E-state index contributed by atoms with van der Waals surface area (Å²) in [6.45, 7) is 13.4. The minimum atomic E-state index is -1.40. The maximum absolute atomic E-state index is 12.6. The molecule has 0 heterocycles. The van der Waals surface area contributed by atoms with Crippen LogP contribution in [0.2, 0.25) is 0 Å². The molecule has 0 unspecified atom stereocenters. The van der Waals surface area contributed by atoms with Crippen molar-refractivity contribution in [1.29, 1.82) is 0 Å². The number of carboxylic acids is 1. The van der Waals surface area contributed by atoms with Crippen molar-refractivity contribution in [2.75, 3.05) is 6.54 Å². The smallest absolute Gasteiger partial charge is 0.408 e. The van der Waals surface area contributed by atoms with Crippen LogP contribution < -0.4 is 16.0 Å². The summed E-state index contributed by atoms with van der Waals surface area (Å²) in [5.41, 5.74) is -1.49. The summed E-state index contributed by atoms with van der Waals surface area (Å²) in [6.07, 6.45) is -1.31. The normalized spacial score (nSPS) is 13.8. The lowest BCUT2D eigenvalue weighted by Gasteiger charge is -2.25. The molecular weight excluding hydrogens is 382 g/mol. The Morgan fingerprint density at radius 3 is 1.72 bits per heavy atom. The van der Waals surface area contributed by atoms with Gasteiger partial charge in [-0.15, -0.1) is 0 Å². The number of rotatable bonds is 8. The zero-order valence-corrected chi connectivity index (χ0v) is 18.5. The van der Waals surface area contributed by atoms with Gasteiger partial charge in [0.25, 0.3) is 0 Å². The highest BCUT2D eigenvalue weighted by molar-refractivity contribution is 5.89. The minimum Gasteiger partial charge on any atom is -0.480 e. The number of carboxylic acid groups (broad SMARTS) is 1. The molecule has 0 saturated heterocycles. The van der Waals surface area contributed by atoms with E-state index in [2.05, 4.69) is 16.0 Å².